The molecule has 4 rings (SSSR count). The van der Waals surface area contributed by atoms with Crippen molar-refractivity contribution in [3.8, 4) is 0 Å². The summed E-state index contributed by atoms with van der Waals surface area (Å²) in [5.74, 6) is -0.571. The molecule has 1 N–H and O–H groups in total. The SMILES string of the molecule is O=C(NS(=O)(=O)c1ccc(F)c2cnccc12)c1cnc2n1CCS2. The van der Waals surface area contributed by atoms with E-state index in [1.165, 1.54) is 36.4 Å². The Morgan fingerprint density at radius 3 is 2.92 bits per heavy atom. The van der Waals surface area contributed by atoms with Crippen molar-refractivity contribution in [3.63, 3.8) is 0 Å². The van der Waals surface area contributed by atoms with Gasteiger partial charge in [-0.2, -0.15) is 0 Å². The standard InChI is InChI=1S/C15H11FN4O3S2/c16-11-1-2-13(9-3-4-17-7-10(9)11)25(22,23)19-14(21)12-8-18-15-20(12)5-6-24-15/h1-4,7-8H,5-6H2,(H,19,21). The van der Waals surface area contributed by atoms with Gasteiger partial charge in [0.05, 0.1) is 11.1 Å². The lowest BCUT2D eigenvalue weighted by molar-refractivity contribution is 0.0972. The van der Waals surface area contributed by atoms with Crippen LogP contribution >= 0.6 is 11.8 Å². The third-order valence-electron chi connectivity index (χ3n) is 3.84. The van der Waals surface area contributed by atoms with E-state index in [0.717, 1.165) is 17.9 Å². The Labute approximate surface area is 146 Å². The van der Waals surface area contributed by atoms with Crippen LogP contribution in [0.1, 0.15) is 10.5 Å². The second kappa shape index (κ2) is 5.81. The van der Waals surface area contributed by atoms with Crippen molar-refractivity contribution in [1.29, 1.82) is 0 Å². The predicted octanol–water partition coefficient (Wildman–Crippen LogP) is 1.79. The number of nitrogens with zero attached hydrogens (tertiary/aromatic N) is 3. The Morgan fingerprint density at radius 1 is 1.24 bits per heavy atom. The fourth-order valence-electron chi connectivity index (χ4n) is 2.69. The van der Waals surface area contributed by atoms with Gasteiger partial charge >= 0.3 is 0 Å². The zero-order valence-corrected chi connectivity index (χ0v) is 14.3. The highest BCUT2D eigenvalue weighted by Gasteiger charge is 2.26. The minimum absolute atomic E-state index is 0.0690. The molecule has 3 heterocycles. The van der Waals surface area contributed by atoms with E-state index in [1.807, 2.05) is 4.72 Å². The van der Waals surface area contributed by atoms with Crippen LogP contribution in [0.15, 0.2) is 46.8 Å². The van der Waals surface area contributed by atoms with Gasteiger partial charge in [0.1, 0.15) is 11.5 Å². The van der Waals surface area contributed by atoms with Gasteiger partial charge in [0.2, 0.25) is 0 Å². The number of imidazole rings is 1. The number of halogens is 1. The summed E-state index contributed by atoms with van der Waals surface area (Å²) in [5.41, 5.74) is 0.177. The van der Waals surface area contributed by atoms with Gasteiger partial charge in [-0.1, -0.05) is 11.8 Å². The third-order valence-corrected chi connectivity index (χ3v) is 6.20. The minimum Gasteiger partial charge on any atom is -0.314 e. The van der Waals surface area contributed by atoms with Crippen molar-refractivity contribution >= 4 is 38.5 Å². The summed E-state index contributed by atoms with van der Waals surface area (Å²) in [7, 11) is -4.19. The van der Waals surface area contributed by atoms with Crippen LogP contribution in [-0.4, -0.2) is 34.6 Å². The van der Waals surface area contributed by atoms with E-state index in [1.54, 1.807) is 4.57 Å². The number of hydrogen-bond acceptors (Lipinski definition) is 6. The first kappa shape index (κ1) is 16.0. The van der Waals surface area contributed by atoms with Gasteiger partial charge < -0.3 is 4.57 Å². The van der Waals surface area contributed by atoms with Crippen molar-refractivity contribution in [2.75, 3.05) is 5.75 Å². The van der Waals surface area contributed by atoms with Gasteiger partial charge in [-0.3, -0.25) is 9.78 Å². The van der Waals surface area contributed by atoms with Crippen molar-refractivity contribution in [2.45, 2.75) is 16.6 Å². The molecule has 10 heteroatoms. The van der Waals surface area contributed by atoms with Gasteiger partial charge in [0.25, 0.3) is 15.9 Å². The highest BCUT2D eigenvalue weighted by atomic mass is 32.2. The van der Waals surface area contributed by atoms with Gasteiger partial charge in [-0.05, 0) is 18.2 Å². The van der Waals surface area contributed by atoms with Crippen LogP contribution in [0.3, 0.4) is 0 Å². The number of hydrogen-bond donors (Lipinski definition) is 1. The van der Waals surface area contributed by atoms with Crippen LogP contribution < -0.4 is 4.72 Å². The Kier molecular flexibility index (Phi) is 3.73. The molecular weight excluding hydrogens is 367 g/mol. The number of rotatable bonds is 3. The molecule has 0 spiro atoms. The van der Waals surface area contributed by atoms with Gasteiger partial charge in [0, 0.05) is 35.5 Å². The first-order chi connectivity index (χ1) is 12.0. The van der Waals surface area contributed by atoms with Crippen molar-refractivity contribution in [1.82, 2.24) is 19.3 Å². The fraction of sp³-hybridized carbons (Fsp3) is 0.133. The molecule has 128 valence electrons. The smallest absolute Gasteiger partial charge is 0.283 e. The average molecular weight is 378 g/mol. The van der Waals surface area contributed by atoms with E-state index in [2.05, 4.69) is 9.97 Å². The number of pyridine rings is 1. The molecule has 3 aromatic rings. The topological polar surface area (TPSA) is 93.9 Å². The van der Waals surface area contributed by atoms with E-state index in [-0.39, 0.29) is 21.4 Å². The lowest BCUT2D eigenvalue weighted by Crippen LogP contribution is -2.32. The summed E-state index contributed by atoms with van der Waals surface area (Å²) in [6, 6.07) is 3.56. The lowest BCUT2D eigenvalue weighted by atomic mass is 10.2. The van der Waals surface area contributed by atoms with Gasteiger partial charge in [-0.25, -0.2) is 22.5 Å². The van der Waals surface area contributed by atoms with Crippen molar-refractivity contribution in [2.24, 2.45) is 0 Å². The predicted molar refractivity (Wildman–Crippen MR) is 89.3 cm³/mol. The molecule has 2 aromatic heterocycles. The van der Waals surface area contributed by atoms with E-state index in [9.17, 15) is 17.6 Å². The molecule has 0 saturated heterocycles. The number of fused-ring (bicyclic) bond motifs is 2. The van der Waals surface area contributed by atoms with Gasteiger partial charge in [0.15, 0.2) is 5.16 Å². The molecule has 0 unspecified atom stereocenters. The largest absolute Gasteiger partial charge is 0.314 e. The van der Waals surface area contributed by atoms with E-state index in [0.29, 0.717) is 11.7 Å². The second-order valence-electron chi connectivity index (χ2n) is 5.33. The first-order valence-corrected chi connectivity index (χ1v) is 9.72. The Bertz CT molecular complexity index is 1110. The first-order valence-electron chi connectivity index (χ1n) is 7.25. The molecule has 0 fully saturated rings. The zero-order chi connectivity index (χ0) is 17.6. The third kappa shape index (κ3) is 2.67. The molecular formula is C15H11FN4O3S2. The Morgan fingerprint density at radius 2 is 2.08 bits per heavy atom. The number of aromatic nitrogens is 3. The van der Waals surface area contributed by atoms with Crippen LogP contribution in [0, 0.1) is 5.82 Å². The molecule has 7 nitrogen and oxygen atoms in total. The van der Waals surface area contributed by atoms with E-state index < -0.39 is 21.7 Å². The van der Waals surface area contributed by atoms with Gasteiger partial charge in [-0.15, -0.1) is 0 Å². The molecule has 0 saturated carbocycles. The molecule has 1 aliphatic heterocycles. The molecule has 1 amide bonds. The normalized spacial score (nSPS) is 13.8. The fourth-order valence-corrected chi connectivity index (χ4v) is 4.79. The molecule has 1 aromatic carbocycles. The minimum atomic E-state index is -4.19. The number of sulfonamides is 1. The Hall–Kier alpha value is -2.46. The van der Waals surface area contributed by atoms with Crippen molar-refractivity contribution in [3.05, 3.63) is 48.3 Å². The second-order valence-corrected chi connectivity index (χ2v) is 8.04. The summed E-state index contributed by atoms with van der Waals surface area (Å²) in [5, 5.41) is 0.907. The highest BCUT2D eigenvalue weighted by Crippen LogP contribution is 2.27. The van der Waals surface area contributed by atoms with Crippen LogP contribution in [0.2, 0.25) is 0 Å². The maximum absolute atomic E-state index is 13.9. The van der Waals surface area contributed by atoms with Crippen LogP contribution in [0.4, 0.5) is 4.39 Å². The number of carbonyl (C=O) groups excluding carboxylic acids is 1. The highest BCUT2D eigenvalue weighted by molar-refractivity contribution is 7.99. The summed E-state index contributed by atoms with van der Waals surface area (Å²) < 4.78 is 42.9. The zero-order valence-electron chi connectivity index (χ0n) is 12.6. The molecule has 1 aliphatic rings. The van der Waals surface area contributed by atoms with Crippen LogP contribution in [-0.2, 0) is 16.6 Å². The molecule has 25 heavy (non-hydrogen) atoms. The quantitative estimate of drug-likeness (QED) is 0.747. The Balaban J connectivity index is 1.73. The number of nitrogens with one attached hydrogen (secondary N) is 1. The van der Waals surface area contributed by atoms with E-state index in [4.69, 9.17) is 0 Å². The maximum Gasteiger partial charge on any atom is 0.283 e. The number of thioether (sulfide) groups is 1. The molecule has 0 bridgehead atoms. The summed E-state index contributed by atoms with van der Waals surface area (Å²) >= 11 is 1.50. The van der Waals surface area contributed by atoms with Crippen LogP contribution in [0.5, 0.6) is 0 Å². The summed E-state index contributed by atoms with van der Waals surface area (Å²) in [6.07, 6.45) is 3.95. The van der Waals surface area contributed by atoms with Crippen molar-refractivity contribution < 1.29 is 17.6 Å². The lowest BCUT2D eigenvalue weighted by Gasteiger charge is -2.10. The monoisotopic (exact) mass is 378 g/mol. The molecule has 0 aliphatic carbocycles. The number of carbonyl (C=O) groups is 1. The summed E-state index contributed by atoms with van der Waals surface area (Å²) in [4.78, 5) is 20.1. The average Bonchev–Trinajstić information content (AvgIpc) is 3.17. The number of amides is 1. The number of benzene rings is 1. The maximum atomic E-state index is 13.9. The molecule has 0 atom stereocenters. The van der Waals surface area contributed by atoms with E-state index >= 15 is 0 Å². The summed E-state index contributed by atoms with van der Waals surface area (Å²) in [6.45, 7) is 0.591. The van der Waals surface area contributed by atoms with Crippen LogP contribution in [0.25, 0.3) is 10.8 Å². The molecule has 0 radical (unpaired) electrons.